The minimum absolute atomic E-state index is 0.240. The first-order valence-electron chi connectivity index (χ1n) is 9.32. The SMILES string of the molecule is COc1cccc(S(=O)(=O)c2ccc(CCCNCc3ccccc3)cc2)c1. The first kappa shape index (κ1) is 20.1. The molecule has 0 saturated carbocycles. The monoisotopic (exact) mass is 395 g/mol. The molecule has 0 saturated heterocycles. The molecular formula is C23H25NO3S. The quantitative estimate of drug-likeness (QED) is 0.550. The molecule has 146 valence electrons. The van der Waals surface area contributed by atoms with E-state index in [0.29, 0.717) is 10.6 Å². The second kappa shape index (κ2) is 9.53. The molecule has 0 aliphatic carbocycles. The molecule has 0 radical (unpaired) electrons. The van der Waals surface area contributed by atoms with Gasteiger partial charge in [0.1, 0.15) is 5.75 Å². The zero-order valence-corrected chi connectivity index (χ0v) is 16.8. The number of rotatable bonds is 9. The van der Waals surface area contributed by atoms with Crippen molar-refractivity contribution in [1.82, 2.24) is 5.32 Å². The summed E-state index contributed by atoms with van der Waals surface area (Å²) in [5, 5.41) is 3.43. The van der Waals surface area contributed by atoms with Crippen LogP contribution in [0.1, 0.15) is 17.5 Å². The maximum Gasteiger partial charge on any atom is 0.206 e. The molecule has 28 heavy (non-hydrogen) atoms. The molecule has 3 aromatic carbocycles. The van der Waals surface area contributed by atoms with Crippen LogP contribution in [0.4, 0.5) is 0 Å². The Morgan fingerprint density at radius 1 is 0.821 bits per heavy atom. The summed E-state index contributed by atoms with van der Waals surface area (Å²) >= 11 is 0. The van der Waals surface area contributed by atoms with Crippen LogP contribution in [-0.4, -0.2) is 22.1 Å². The molecular weight excluding hydrogens is 370 g/mol. The van der Waals surface area contributed by atoms with E-state index in [1.807, 2.05) is 30.3 Å². The molecule has 1 N–H and O–H groups in total. The number of nitrogens with one attached hydrogen (secondary N) is 1. The van der Waals surface area contributed by atoms with Crippen molar-refractivity contribution in [1.29, 1.82) is 0 Å². The summed E-state index contributed by atoms with van der Waals surface area (Å²) in [6.07, 6.45) is 1.90. The Labute approximate surface area is 167 Å². The average Bonchev–Trinajstić information content (AvgIpc) is 2.74. The van der Waals surface area contributed by atoms with Crippen molar-refractivity contribution in [3.05, 3.63) is 90.0 Å². The Bertz CT molecular complexity index is 984. The van der Waals surface area contributed by atoms with E-state index in [-0.39, 0.29) is 4.90 Å². The van der Waals surface area contributed by atoms with Gasteiger partial charge in [0.05, 0.1) is 16.9 Å². The van der Waals surface area contributed by atoms with Crippen LogP contribution in [0.15, 0.2) is 88.7 Å². The van der Waals surface area contributed by atoms with Crippen molar-refractivity contribution in [3.8, 4) is 5.75 Å². The maximum absolute atomic E-state index is 12.8. The van der Waals surface area contributed by atoms with E-state index in [1.165, 1.54) is 12.7 Å². The predicted octanol–water partition coefficient (Wildman–Crippen LogP) is 4.25. The van der Waals surface area contributed by atoms with Crippen LogP contribution in [-0.2, 0) is 22.8 Å². The highest BCUT2D eigenvalue weighted by atomic mass is 32.2. The third-order valence-electron chi connectivity index (χ3n) is 4.58. The molecule has 0 unspecified atom stereocenters. The van der Waals surface area contributed by atoms with Gasteiger partial charge in [-0.25, -0.2) is 8.42 Å². The molecule has 4 nitrogen and oxygen atoms in total. The smallest absolute Gasteiger partial charge is 0.206 e. The fourth-order valence-corrected chi connectivity index (χ4v) is 4.28. The van der Waals surface area contributed by atoms with Gasteiger partial charge in [-0.1, -0.05) is 48.5 Å². The third-order valence-corrected chi connectivity index (χ3v) is 6.34. The van der Waals surface area contributed by atoms with E-state index in [1.54, 1.807) is 36.4 Å². The fraction of sp³-hybridized carbons (Fsp3) is 0.217. The zero-order chi connectivity index (χ0) is 19.8. The van der Waals surface area contributed by atoms with Gasteiger partial charge in [-0.15, -0.1) is 0 Å². The summed E-state index contributed by atoms with van der Waals surface area (Å²) in [4.78, 5) is 0.538. The van der Waals surface area contributed by atoms with E-state index >= 15 is 0 Å². The first-order valence-corrected chi connectivity index (χ1v) is 10.8. The number of aryl methyl sites for hydroxylation is 1. The molecule has 0 heterocycles. The molecule has 0 fully saturated rings. The fourth-order valence-electron chi connectivity index (χ4n) is 2.99. The molecule has 0 spiro atoms. The van der Waals surface area contributed by atoms with Gasteiger partial charge in [0.15, 0.2) is 0 Å². The number of hydrogen-bond donors (Lipinski definition) is 1. The highest BCUT2D eigenvalue weighted by Crippen LogP contribution is 2.24. The molecule has 3 aromatic rings. The lowest BCUT2D eigenvalue weighted by Gasteiger charge is -2.08. The van der Waals surface area contributed by atoms with Gasteiger partial charge in [0, 0.05) is 6.54 Å². The summed E-state index contributed by atoms with van der Waals surface area (Å²) in [6, 6.07) is 24.0. The number of sulfone groups is 1. The standard InChI is InChI=1S/C23H25NO3S/c1-27-21-10-5-11-23(17-21)28(25,26)22-14-12-19(13-15-22)9-6-16-24-18-20-7-3-2-4-8-20/h2-5,7-8,10-15,17,24H,6,9,16,18H2,1H3. The van der Waals surface area contributed by atoms with Crippen molar-refractivity contribution in [3.63, 3.8) is 0 Å². The van der Waals surface area contributed by atoms with Crippen molar-refractivity contribution < 1.29 is 13.2 Å². The predicted molar refractivity (Wildman–Crippen MR) is 111 cm³/mol. The second-order valence-electron chi connectivity index (χ2n) is 6.59. The van der Waals surface area contributed by atoms with Gasteiger partial charge in [-0.2, -0.15) is 0 Å². The van der Waals surface area contributed by atoms with Gasteiger partial charge in [0.25, 0.3) is 0 Å². The molecule has 0 atom stereocenters. The Balaban J connectivity index is 1.54. The largest absolute Gasteiger partial charge is 0.497 e. The number of benzene rings is 3. The molecule has 0 aliphatic heterocycles. The topological polar surface area (TPSA) is 55.4 Å². The van der Waals surface area contributed by atoms with Crippen LogP contribution in [0.3, 0.4) is 0 Å². The summed E-state index contributed by atoms with van der Waals surface area (Å²) in [5.41, 5.74) is 2.40. The van der Waals surface area contributed by atoms with Crippen LogP contribution in [0.25, 0.3) is 0 Å². The molecule has 0 amide bonds. The Hall–Kier alpha value is -2.63. The number of methoxy groups -OCH3 is 1. The van der Waals surface area contributed by atoms with Crippen molar-refractivity contribution in [2.75, 3.05) is 13.7 Å². The lowest BCUT2D eigenvalue weighted by atomic mass is 10.1. The minimum Gasteiger partial charge on any atom is -0.497 e. The third kappa shape index (κ3) is 5.21. The normalized spacial score (nSPS) is 11.3. The molecule has 0 aliphatic rings. The number of ether oxygens (including phenoxy) is 1. The van der Waals surface area contributed by atoms with Gasteiger partial charge in [-0.05, 0) is 60.8 Å². The van der Waals surface area contributed by atoms with Gasteiger partial charge in [0.2, 0.25) is 9.84 Å². The highest BCUT2D eigenvalue weighted by Gasteiger charge is 2.18. The maximum atomic E-state index is 12.8. The van der Waals surface area contributed by atoms with E-state index in [4.69, 9.17) is 4.74 Å². The van der Waals surface area contributed by atoms with Crippen LogP contribution in [0.5, 0.6) is 5.75 Å². The molecule has 0 bridgehead atoms. The molecule has 5 heteroatoms. The molecule has 3 rings (SSSR count). The van der Waals surface area contributed by atoms with Gasteiger partial charge in [-0.3, -0.25) is 0 Å². The summed E-state index contributed by atoms with van der Waals surface area (Å²) in [7, 11) is -2.02. The van der Waals surface area contributed by atoms with E-state index in [9.17, 15) is 8.42 Å². The molecule has 0 aromatic heterocycles. The van der Waals surface area contributed by atoms with Crippen molar-refractivity contribution in [2.24, 2.45) is 0 Å². The summed E-state index contributed by atoms with van der Waals surface area (Å²) < 4.78 is 30.7. The van der Waals surface area contributed by atoms with Crippen LogP contribution < -0.4 is 10.1 Å². The summed E-state index contributed by atoms with van der Waals surface area (Å²) in [5.74, 6) is 0.528. The van der Waals surface area contributed by atoms with Crippen molar-refractivity contribution in [2.45, 2.75) is 29.2 Å². The minimum atomic E-state index is -3.54. The van der Waals surface area contributed by atoms with Gasteiger partial charge >= 0.3 is 0 Å². The lowest BCUT2D eigenvalue weighted by Crippen LogP contribution is -2.15. The second-order valence-corrected chi connectivity index (χ2v) is 8.54. The summed E-state index contributed by atoms with van der Waals surface area (Å²) in [6.45, 7) is 1.78. The van der Waals surface area contributed by atoms with Crippen LogP contribution in [0, 0.1) is 0 Å². The Morgan fingerprint density at radius 3 is 2.29 bits per heavy atom. The first-order chi connectivity index (χ1) is 13.6. The van der Waals surface area contributed by atoms with Crippen LogP contribution >= 0.6 is 0 Å². The van der Waals surface area contributed by atoms with Gasteiger partial charge < -0.3 is 10.1 Å². The van der Waals surface area contributed by atoms with E-state index in [0.717, 1.165) is 31.5 Å². The van der Waals surface area contributed by atoms with E-state index < -0.39 is 9.84 Å². The van der Waals surface area contributed by atoms with E-state index in [2.05, 4.69) is 17.4 Å². The Morgan fingerprint density at radius 2 is 1.57 bits per heavy atom. The Kier molecular flexibility index (Phi) is 6.85. The van der Waals surface area contributed by atoms with Crippen molar-refractivity contribution >= 4 is 9.84 Å². The number of hydrogen-bond acceptors (Lipinski definition) is 4. The zero-order valence-electron chi connectivity index (χ0n) is 16.0. The lowest BCUT2D eigenvalue weighted by molar-refractivity contribution is 0.413. The average molecular weight is 396 g/mol. The van der Waals surface area contributed by atoms with Crippen LogP contribution in [0.2, 0.25) is 0 Å². The highest BCUT2D eigenvalue weighted by molar-refractivity contribution is 7.91.